The molecule has 10 heteroatoms. The molecular formula is C28H19ClF2N4O3. The summed E-state index contributed by atoms with van der Waals surface area (Å²) in [6.45, 7) is 0.133. The number of nitrogens with zero attached hydrogens (tertiary/aromatic N) is 3. The van der Waals surface area contributed by atoms with E-state index < -0.39 is 23.5 Å². The van der Waals surface area contributed by atoms with E-state index in [0.717, 1.165) is 17.7 Å². The smallest absolute Gasteiger partial charge is 0.335 e. The number of pyridine rings is 1. The predicted molar refractivity (Wildman–Crippen MR) is 137 cm³/mol. The average molecular weight is 533 g/mol. The summed E-state index contributed by atoms with van der Waals surface area (Å²) in [6.07, 6.45) is 1.98. The number of carboxylic acid groups (broad SMARTS) is 1. The third-order valence-corrected chi connectivity index (χ3v) is 6.27. The van der Waals surface area contributed by atoms with Gasteiger partial charge < -0.3 is 10.4 Å². The van der Waals surface area contributed by atoms with E-state index in [9.17, 15) is 18.4 Å². The maximum Gasteiger partial charge on any atom is 0.335 e. The molecule has 0 saturated heterocycles. The number of fused-ring (bicyclic) bond motifs is 1. The van der Waals surface area contributed by atoms with Gasteiger partial charge in [-0.1, -0.05) is 47.1 Å². The minimum absolute atomic E-state index is 0.133. The van der Waals surface area contributed by atoms with Crippen LogP contribution in [0.5, 0.6) is 0 Å². The highest BCUT2D eigenvalue weighted by Gasteiger charge is 2.20. The molecule has 0 atom stereocenters. The van der Waals surface area contributed by atoms with Crippen molar-refractivity contribution in [2.24, 2.45) is 0 Å². The lowest BCUT2D eigenvalue weighted by molar-refractivity contribution is 0.0696. The van der Waals surface area contributed by atoms with Crippen molar-refractivity contribution in [1.82, 2.24) is 20.1 Å². The Morgan fingerprint density at radius 1 is 0.895 bits per heavy atom. The molecule has 7 nitrogen and oxygen atoms in total. The van der Waals surface area contributed by atoms with Crippen LogP contribution in [0.15, 0.2) is 79.0 Å². The highest BCUT2D eigenvalue weighted by molar-refractivity contribution is 6.30. The van der Waals surface area contributed by atoms with Gasteiger partial charge in [-0.15, -0.1) is 5.10 Å². The topological polar surface area (TPSA) is 96.6 Å². The first-order chi connectivity index (χ1) is 18.3. The molecule has 0 aliphatic heterocycles. The Morgan fingerprint density at radius 2 is 1.61 bits per heavy atom. The zero-order valence-electron chi connectivity index (χ0n) is 19.7. The standard InChI is InChI=1S/C28H19ClF2N4O3/c29-21-8-3-16(4-9-21)11-25-26-22(27(36)32-14-17-1-5-18(6-2-17)28(37)38)12-20(15-35(26)34-33-25)19-7-10-23(30)24(31)13-19/h1-10,12-13,15H,11,14H2,(H,32,36)(H,37,38). The minimum atomic E-state index is -1.04. The molecule has 38 heavy (non-hydrogen) atoms. The molecule has 0 radical (unpaired) electrons. The Labute approximate surface area is 220 Å². The lowest BCUT2D eigenvalue weighted by Crippen LogP contribution is -2.24. The van der Waals surface area contributed by atoms with Crippen LogP contribution in [-0.4, -0.2) is 31.8 Å². The third-order valence-electron chi connectivity index (χ3n) is 6.02. The molecule has 5 rings (SSSR count). The van der Waals surface area contributed by atoms with Gasteiger partial charge in [-0.2, -0.15) is 0 Å². The van der Waals surface area contributed by atoms with Gasteiger partial charge in [0.15, 0.2) is 11.6 Å². The van der Waals surface area contributed by atoms with E-state index in [4.69, 9.17) is 16.7 Å². The van der Waals surface area contributed by atoms with Gasteiger partial charge in [-0.05, 0) is 59.2 Å². The summed E-state index contributed by atoms with van der Waals surface area (Å²) in [5, 5.41) is 21.0. The molecular weight excluding hydrogens is 514 g/mol. The second kappa shape index (κ2) is 10.4. The molecule has 5 aromatic rings. The fraction of sp³-hybridized carbons (Fsp3) is 0.0714. The van der Waals surface area contributed by atoms with Crippen LogP contribution in [0.3, 0.4) is 0 Å². The number of carbonyl (C=O) groups is 2. The summed E-state index contributed by atoms with van der Waals surface area (Å²) < 4.78 is 28.9. The zero-order chi connectivity index (χ0) is 26.8. The first kappa shape index (κ1) is 25.0. The maximum atomic E-state index is 14.0. The van der Waals surface area contributed by atoms with Gasteiger partial charge in [0.2, 0.25) is 0 Å². The van der Waals surface area contributed by atoms with Crippen molar-refractivity contribution >= 4 is 29.0 Å². The largest absolute Gasteiger partial charge is 0.478 e. The van der Waals surface area contributed by atoms with E-state index in [-0.39, 0.29) is 17.7 Å². The normalized spacial score (nSPS) is 11.0. The molecule has 2 heterocycles. The monoisotopic (exact) mass is 532 g/mol. The first-order valence-corrected chi connectivity index (χ1v) is 11.8. The Balaban J connectivity index is 1.53. The van der Waals surface area contributed by atoms with Crippen molar-refractivity contribution in [3.05, 3.63) is 124 Å². The molecule has 1 amide bonds. The Kier molecular flexibility index (Phi) is 6.85. The van der Waals surface area contributed by atoms with Crippen molar-refractivity contribution in [3.8, 4) is 11.1 Å². The number of carboxylic acids is 1. The molecule has 2 aromatic heterocycles. The summed E-state index contributed by atoms with van der Waals surface area (Å²) in [6, 6.07) is 18.4. The van der Waals surface area contributed by atoms with Gasteiger partial charge in [-0.25, -0.2) is 18.1 Å². The fourth-order valence-corrected chi connectivity index (χ4v) is 4.18. The molecule has 0 saturated carbocycles. The van der Waals surface area contributed by atoms with E-state index in [1.54, 1.807) is 36.5 Å². The van der Waals surface area contributed by atoms with E-state index in [1.165, 1.54) is 22.7 Å². The molecule has 2 N–H and O–H groups in total. The number of carbonyl (C=O) groups excluding carboxylic acids is 1. The second-order valence-electron chi connectivity index (χ2n) is 8.59. The lowest BCUT2D eigenvalue weighted by atomic mass is 10.0. The molecule has 0 spiro atoms. The van der Waals surface area contributed by atoms with Crippen molar-refractivity contribution in [2.45, 2.75) is 13.0 Å². The lowest BCUT2D eigenvalue weighted by Gasteiger charge is -2.11. The summed E-state index contributed by atoms with van der Waals surface area (Å²) >= 11 is 6.00. The van der Waals surface area contributed by atoms with E-state index in [1.807, 2.05) is 12.1 Å². The number of aromatic carboxylic acids is 1. The number of hydrogen-bond acceptors (Lipinski definition) is 4. The zero-order valence-corrected chi connectivity index (χ0v) is 20.4. The van der Waals surface area contributed by atoms with Gasteiger partial charge in [0.05, 0.1) is 16.8 Å². The number of nitrogens with one attached hydrogen (secondary N) is 1. The van der Waals surface area contributed by atoms with E-state index in [2.05, 4.69) is 15.6 Å². The number of rotatable bonds is 7. The fourth-order valence-electron chi connectivity index (χ4n) is 4.05. The number of amides is 1. The van der Waals surface area contributed by atoms with Gasteiger partial charge in [0.25, 0.3) is 5.91 Å². The number of aromatic nitrogens is 3. The van der Waals surface area contributed by atoms with Gasteiger partial charge in [0.1, 0.15) is 5.52 Å². The number of benzene rings is 3. The predicted octanol–water partition coefficient (Wildman–Crippen LogP) is 5.55. The van der Waals surface area contributed by atoms with Crippen molar-refractivity contribution < 1.29 is 23.5 Å². The van der Waals surface area contributed by atoms with Crippen LogP contribution in [0.25, 0.3) is 16.6 Å². The van der Waals surface area contributed by atoms with Gasteiger partial charge >= 0.3 is 5.97 Å². The van der Waals surface area contributed by atoms with Crippen LogP contribution in [-0.2, 0) is 13.0 Å². The summed E-state index contributed by atoms with van der Waals surface area (Å²) in [7, 11) is 0. The van der Waals surface area contributed by atoms with Crippen molar-refractivity contribution in [3.63, 3.8) is 0 Å². The molecule has 0 bridgehead atoms. The molecule has 0 unspecified atom stereocenters. The van der Waals surface area contributed by atoms with Gasteiger partial charge in [-0.3, -0.25) is 4.79 Å². The summed E-state index contributed by atoms with van der Waals surface area (Å²) in [5.41, 5.74) is 3.79. The van der Waals surface area contributed by atoms with Crippen LogP contribution in [0.2, 0.25) is 5.02 Å². The van der Waals surface area contributed by atoms with Crippen molar-refractivity contribution in [1.29, 1.82) is 0 Å². The number of hydrogen-bond donors (Lipinski definition) is 2. The van der Waals surface area contributed by atoms with Gasteiger partial charge in [0, 0.05) is 29.7 Å². The van der Waals surface area contributed by atoms with Crippen molar-refractivity contribution in [2.75, 3.05) is 0 Å². The first-order valence-electron chi connectivity index (χ1n) is 11.5. The van der Waals surface area contributed by atoms with Crippen LogP contribution < -0.4 is 5.32 Å². The highest BCUT2D eigenvalue weighted by Crippen LogP contribution is 2.27. The van der Waals surface area contributed by atoms with Crippen LogP contribution in [0, 0.1) is 11.6 Å². The Bertz CT molecular complexity index is 1670. The quantitative estimate of drug-likeness (QED) is 0.286. The molecule has 3 aromatic carbocycles. The highest BCUT2D eigenvalue weighted by atomic mass is 35.5. The summed E-state index contributed by atoms with van der Waals surface area (Å²) in [5.74, 6) is -3.48. The van der Waals surface area contributed by atoms with Crippen LogP contribution in [0.1, 0.15) is 37.5 Å². The molecule has 0 aliphatic rings. The third kappa shape index (κ3) is 5.23. The van der Waals surface area contributed by atoms with E-state index >= 15 is 0 Å². The number of halogens is 3. The minimum Gasteiger partial charge on any atom is -0.478 e. The maximum absolute atomic E-state index is 14.0. The average Bonchev–Trinajstić information content (AvgIpc) is 3.32. The summed E-state index contributed by atoms with van der Waals surface area (Å²) in [4.78, 5) is 24.5. The second-order valence-corrected chi connectivity index (χ2v) is 9.03. The van der Waals surface area contributed by atoms with E-state index in [0.29, 0.717) is 39.3 Å². The Morgan fingerprint density at radius 3 is 2.29 bits per heavy atom. The SMILES string of the molecule is O=C(O)c1ccc(CNC(=O)c2cc(-c3ccc(F)c(F)c3)cn3nnc(Cc4ccc(Cl)cc4)c23)cc1. The molecule has 190 valence electrons. The molecule has 0 fully saturated rings. The molecule has 0 aliphatic carbocycles. The van der Waals surface area contributed by atoms with Crippen LogP contribution >= 0.6 is 11.6 Å². The van der Waals surface area contributed by atoms with Crippen LogP contribution in [0.4, 0.5) is 8.78 Å². The Hall–Kier alpha value is -4.63.